The number of methoxy groups -OCH3 is 1. The Bertz CT molecular complexity index is 939. The van der Waals surface area contributed by atoms with Crippen molar-refractivity contribution in [2.75, 3.05) is 25.1 Å². The van der Waals surface area contributed by atoms with Gasteiger partial charge in [-0.05, 0) is 62.0 Å². The third-order valence-corrected chi connectivity index (χ3v) is 5.73. The molecular weight excluding hydrogens is 438 g/mol. The van der Waals surface area contributed by atoms with E-state index in [-0.39, 0.29) is 5.91 Å². The zero-order valence-electron chi connectivity index (χ0n) is 16.0. The largest absolute Gasteiger partial charge is 0.496 e. The van der Waals surface area contributed by atoms with Crippen molar-refractivity contribution < 1.29 is 9.53 Å². The number of halogens is 1. The van der Waals surface area contributed by atoms with Crippen molar-refractivity contribution >= 4 is 56.2 Å². The molecule has 7 heteroatoms. The lowest BCUT2D eigenvalue weighted by Gasteiger charge is -2.22. The molecule has 5 nitrogen and oxygen atoms in total. The molecule has 0 spiro atoms. The maximum atomic E-state index is 12.4. The summed E-state index contributed by atoms with van der Waals surface area (Å²) in [4.78, 5) is 19.7. The van der Waals surface area contributed by atoms with E-state index in [1.165, 1.54) is 11.8 Å². The minimum Gasteiger partial charge on any atom is -0.496 e. The highest BCUT2D eigenvalue weighted by Gasteiger charge is 2.24. The second kappa shape index (κ2) is 9.30. The molecule has 1 aliphatic heterocycles. The van der Waals surface area contributed by atoms with E-state index in [4.69, 9.17) is 4.74 Å². The van der Waals surface area contributed by atoms with Crippen molar-refractivity contribution in [2.24, 2.45) is 4.99 Å². The Kier molecular flexibility index (Phi) is 6.80. The number of rotatable bonds is 6. The third kappa shape index (κ3) is 4.77. The van der Waals surface area contributed by atoms with Crippen LogP contribution in [0, 0.1) is 0 Å². The van der Waals surface area contributed by atoms with Crippen LogP contribution in [0.1, 0.15) is 19.4 Å². The van der Waals surface area contributed by atoms with Crippen molar-refractivity contribution in [3.8, 4) is 5.75 Å². The van der Waals surface area contributed by atoms with Crippen LogP contribution >= 0.6 is 27.7 Å². The summed E-state index contributed by atoms with van der Waals surface area (Å²) in [7, 11) is 1.64. The lowest BCUT2D eigenvalue weighted by atomic mass is 10.1. The first-order valence-corrected chi connectivity index (χ1v) is 10.6. The molecule has 2 aromatic rings. The minimum absolute atomic E-state index is 0.159. The molecule has 0 saturated carbocycles. The molecular formula is C21H22BrN3O2S. The fraction of sp³-hybridized carbons (Fsp3) is 0.238. The lowest BCUT2D eigenvalue weighted by Crippen LogP contribution is -2.21. The maximum absolute atomic E-state index is 12.4. The number of carbonyl (C=O) groups is 1. The second-order valence-electron chi connectivity index (χ2n) is 6.06. The third-order valence-electron chi connectivity index (χ3n) is 4.32. The Balaban J connectivity index is 1.86. The number of hydrogen-bond acceptors (Lipinski definition) is 5. The van der Waals surface area contributed by atoms with E-state index in [0.29, 0.717) is 10.1 Å². The summed E-state index contributed by atoms with van der Waals surface area (Å²) in [6, 6.07) is 13.7. The summed E-state index contributed by atoms with van der Waals surface area (Å²) in [6.45, 7) is 6.09. The number of carbonyl (C=O) groups excluding carboxylic acids is 1. The van der Waals surface area contributed by atoms with Crippen molar-refractivity contribution in [3.05, 3.63) is 57.4 Å². The smallest absolute Gasteiger partial charge is 0.264 e. The Morgan fingerprint density at radius 2 is 2.00 bits per heavy atom. The van der Waals surface area contributed by atoms with Gasteiger partial charge in [0.25, 0.3) is 5.91 Å². The molecule has 1 fully saturated rings. The molecule has 28 heavy (non-hydrogen) atoms. The van der Waals surface area contributed by atoms with Crippen LogP contribution in [0.25, 0.3) is 6.08 Å². The molecule has 3 rings (SSSR count). The van der Waals surface area contributed by atoms with Gasteiger partial charge in [0.1, 0.15) is 5.75 Å². The molecule has 1 saturated heterocycles. The van der Waals surface area contributed by atoms with E-state index in [1.807, 2.05) is 42.5 Å². The van der Waals surface area contributed by atoms with Crippen LogP contribution in [-0.2, 0) is 4.79 Å². The molecule has 0 radical (unpaired) electrons. The van der Waals surface area contributed by atoms with Crippen LogP contribution in [0.3, 0.4) is 0 Å². The average Bonchev–Trinajstić information content (AvgIpc) is 3.02. The zero-order chi connectivity index (χ0) is 20.1. The van der Waals surface area contributed by atoms with Crippen molar-refractivity contribution in [2.45, 2.75) is 13.8 Å². The minimum atomic E-state index is -0.159. The fourth-order valence-electron chi connectivity index (χ4n) is 2.89. The van der Waals surface area contributed by atoms with Gasteiger partial charge < -0.3 is 15.0 Å². The van der Waals surface area contributed by atoms with Crippen molar-refractivity contribution in [3.63, 3.8) is 0 Å². The number of ether oxygens (including phenoxy) is 1. The van der Waals surface area contributed by atoms with Gasteiger partial charge in [-0.25, -0.2) is 4.99 Å². The highest BCUT2D eigenvalue weighted by atomic mass is 79.9. The van der Waals surface area contributed by atoms with Crippen LogP contribution in [-0.4, -0.2) is 31.3 Å². The SMILES string of the molecule is CCN(CC)c1ccc(/C=C2\SC(=Nc3cccc(Br)c3)NC2=O)c(OC)c1. The Morgan fingerprint density at radius 3 is 2.68 bits per heavy atom. The highest BCUT2D eigenvalue weighted by Crippen LogP contribution is 2.33. The van der Waals surface area contributed by atoms with Crippen LogP contribution < -0.4 is 15.0 Å². The number of amides is 1. The van der Waals surface area contributed by atoms with Gasteiger partial charge in [-0.1, -0.05) is 22.0 Å². The van der Waals surface area contributed by atoms with Crippen molar-refractivity contribution in [1.29, 1.82) is 0 Å². The Morgan fingerprint density at radius 1 is 1.21 bits per heavy atom. The van der Waals surface area contributed by atoms with Gasteiger partial charge in [0.05, 0.1) is 17.7 Å². The number of thioether (sulfide) groups is 1. The molecule has 2 aromatic carbocycles. The lowest BCUT2D eigenvalue weighted by molar-refractivity contribution is -0.115. The van der Waals surface area contributed by atoms with Gasteiger partial charge in [-0.2, -0.15) is 0 Å². The number of nitrogens with one attached hydrogen (secondary N) is 1. The van der Waals surface area contributed by atoms with Gasteiger partial charge in [0.15, 0.2) is 5.17 Å². The molecule has 1 heterocycles. The van der Waals surface area contributed by atoms with Gasteiger partial charge in [-0.15, -0.1) is 0 Å². The molecule has 1 N–H and O–H groups in total. The summed E-state index contributed by atoms with van der Waals surface area (Å²) in [5.41, 5.74) is 2.74. The van der Waals surface area contributed by atoms with Gasteiger partial charge in [-0.3, -0.25) is 4.79 Å². The standard InChI is InChI=1S/C21H22BrN3O2S/c1-4-25(5-2)17-10-9-14(18(13-17)27-3)11-19-20(26)24-21(28-19)23-16-8-6-7-15(22)12-16/h6-13H,4-5H2,1-3H3,(H,23,24,26)/b19-11-. The summed E-state index contributed by atoms with van der Waals surface area (Å²) >= 11 is 4.75. The van der Waals surface area contributed by atoms with E-state index in [2.05, 4.69) is 51.1 Å². The number of aliphatic imine (C=N–C) groups is 1. The summed E-state index contributed by atoms with van der Waals surface area (Å²) in [5, 5.41) is 3.38. The number of nitrogens with zero attached hydrogens (tertiary/aromatic N) is 2. The van der Waals surface area contributed by atoms with E-state index in [9.17, 15) is 4.79 Å². The van der Waals surface area contributed by atoms with E-state index >= 15 is 0 Å². The normalized spacial score (nSPS) is 16.5. The fourth-order valence-corrected chi connectivity index (χ4v) is 4.11. The molecule has 1 aliphatic rings. The topological polar surface area (TPSA) is 53.9 Å². The summed E-state index contributed by atoms with van der Waals surface area (Å²) < 4.78 is 6.50. The molecule has 0 aliphatic carbocycles. The maximum Gasteiger partial charge on any atom is 0.264 e. The van der Waals surface area contributed by atoms with Gasteiger partial charge in [0, 0.05) is 34.9 Å². The van der Waals surface area contributed by atoms with Crippen molar-refractivity contribution in [1.82, 2.24) is 5.32 Å². The Labute approximate surface area is 178 Å². The number of anilines is 1. The highest BCUT2D eigenvalue weighted by molar-refractivity contribution is 9.10. The first kappa shape index (κ1) is 20.5. The number of amidine groups is 1. The molecule has 0 unspecified atom stereocenters. The summed E-state index contributed by atoms with van der Waals surface area (Å²) in [5.74, 6) is 0.580. The van der Waals surface area contributed by atoms with Crippen LogP contribution in [0.2, 0.25) is 0 Å². The predicted molar refractivity (Wildman–Crippen MR) is 122 cm³/mol. The number of benzene rings is 2. The van der Waals surface area contributed by atoms with E-state index < -0.39 is 0 Å². The summed E-state index contributed by atoms with van der Waals surface area (Å²) in [6.07, 6.45) is 1.84. The Hall–Kier alpha value is -2.25. The zero-order valence-corrected chi connectivity index (χ0v) is 18.4. The first-order valence-electron chi connectivity index (χ1n) is 9.02. The molecule has 0 atom stereocenters. The van der Waals surface area contributed by atoms with E-state index in [0.717, 1.165) is 40.2 Å². The quantitative estimate of drug-likeness (QED) is 0.603. The number of hydrogen-bond donors (Lipinski definition) is 1. The predicted octanol–water partition coefficient (Wildman–Crippen LogP) is 5.20. The van der Waals surface area contributed by atoms with Gasteiger partial charge in [0.2, 0.25) is 0 Å². The van der Waals surface area contributed by atoms with Gasteiger partial charge >= 0.3 is 0 Å². The first-order chi connectivity index (χ1) is 13.5. The molecule has 0 bridgehead atoms. The average molecular weight is 460 g/mol. The van der Waals surface area contributed by atoms with E-state index in [1.54, 1.807) is 7.11 Å². The molecule has 146 valence electrons. The van der Waals surface area contributed by atoms with Crippen LogP contribution in [0.4, 0.5) is 11.4 Å². The molecule has 1 amide bonds. The van der Waals surface area contributed by atoms with Crippen LogP contribution in [0.15, 0.2) is 56.8 Å². The van der Waals surface area contributed by atoms with Crippen LogP contribution in [0.5, 0.6) is 5.75 Å². The molecule has 0 aromatic heterocycles. The second-order valence-corrected chi connectivity index (χ2v) is 8.01. The monoisotopic (exact) mass is 459 g/mol.